The summed E-state index contributed by atoms with van der Waals surface area (Å²) in [6, 6.07) is 10.2. The molecule has 0 spiro atoms. The van der Waals surface area contributed by atoms with E-state index in [-0.39, 0.29) is 12.4 Å². The van der Waals surface area contributed by atoms with Crippen molar-refractivity contribution in [2.45, 2.75) is 20.8 Å². The van der Waals surface area contributed by atoms with Crippen LogP contribution in [0.25, 0.3) is 0 Å². The predicted octanol–water partition coefficient (Wildman–Crippen LogP) is 3.75. The van der Waals surface area contributed by atoms with Gasteiger partial charge in [0.25, 0.3) is 0 Å². The molecule has 0 heterocycles. The Hall–Kier alpha value is -2.82. The van der Waals surface area contributed by atoms with Gasteiger partial charge in [-0.25, -0.2) is 4.79 Å². The van der Waals surface area contributed by atoms with Crippen LogP contribution in [0, 0.1) is 13.8 Å². The molecule has 0 saturated heterocycles. The molecule has 5 nitrogen and oxygen atoms in total. The van der Waals surface area contributed by atoms with Gasteiger partial charge in [0.2, 0.25) is 0 Å². The zero-order valence-electron chi connectivity index (χ0n) is 14.9. The molecule has 5 heteroatoms. The molecule has 0 unspecified atom stereocenters. The third-order valence-electron chi connectivity index (χ3n) is 3.86. The summed E-state index contributed by atoms with van der Waals surface area (Å²) in [4.78, 5) is 24.4. The monoisotopic (exact) mass is 342 g/mol. The standard InChI is InChI=1S/C20H22O5/c1-5-24-19-11-16(8-9-18(19)23-4)20(22)25-12-17(21)15-7-6-13(2)14(3)10-15/h6-11H,5,12H2,1-4H3. The Bertz CT molecular complexity index is 780. The topological polar surface area (TPSA) is 61.8 Å². The molecule has 2 aromatic carbocycles. The second-order valence-electron chi connectivity index (χ2n) is 5.60. The molecule has 25 heavy (non-hydrogen) atoms. The molecular weight excluding hydrogens is 320 g/mol. The van der Waals surface area contributed by atoms with Crippen molar-refractivity contribution in [3.05, 3.63) is 58.7 Å². The fourth-order valence-corrected chi connectivity index (χ4v) is 2.28. The largest absolute Gasteiger partial charge is 0.493 e. The Morgan fingerprint density at radius 1 is 0.920 bits per heavy atom. The van der Waals surface area contributed by atoms with Crippen molar-refractivity contribution < 1.29 is 23.8 Å². The van der Waals surface area contributed by atoms with E-state index in [1.54, 1.807) is 30.3 Å². The lowest BCUT2D eigenvalue weighted by molar-refractivity contribution is 0.0474. The number of Topliss-reactive ketones (excluding diaryl/α,β-unsaturated/α-hetero) is 1. The molecule has 0 aliphatic heterocycles. The van der Waals surface area contributed by atoms with Crippen LogP contribution in [0.5, 0.6) is 11.5 Å². The minimum absolute atomic E-state index is 0.241. The number of aryl methyl sites for hydroxylation is 2. The SMILES string of the molecule is CCOc1cc(C(=O)OCC(=O)c2ccc(C)c(C)c2)ccc1OC. The third-order valence-corrected chi connectivity index (χ3v) is 3.86. The molecule has 2 aromatic rings. The van der Waals surface area contributed by atoms with Crippen LogP contribution in [0.1, 0.15) is 38.8 Å². The van der Waals surface area contributed by atoms with E-state index in [0.717, 1.165) is 11.1 Å². The van der Waals surface area contributed by atoms with Crippen LogP contribution in [-0.2, 0) is 4.74 Å². The number of esters is 1. The minimum Gasteiger partial charge on any atom is -0.493 e. The van der Waals surface area contributed by atoms with Crippen LogP contribution in [0.2, 0.25) is 0 Å². The van der Waals surface area contributed by atoms with Gasteiger partial charge in [0.05, 0.1) is 19.3 Å². The molecule has 0 amide bonds. The first kappa shape index (κ1) is 18.5. The maximum absolute atomic E-state index is 12.2. The molecule has 2 rings (SSSR count). The first-order valence-corrected chi connectivity index (χ1v) is 8.04. The fourth-order valence-electron chi connectivity index (χ4n) is 2.28. The van der Waals surface area contributed by atoms with Crippen molar-refractivity contribution in [3.8, 4) is 11.5 Å². The van der Waals surface area contributed by atoms with Gasteiger partial charge in [0, 0.05) is 5.56 Å². The van der Waals surface area contributed by atoms with Crippen LogP contribution in [-0.4, -0.2) is 32.1 Å². The Balaban J connectivity index is 2.05. The van der Waals surface area contributed by atoms with E-state index in [1.807, 2.05) is 26.8 Å². The molecule has 0 bridgehead atoms. The highest BCUT2D eigenvalue weighted by Crippen LogP contribution is 2.28. The highest BCUT2D eigenvalue weighted by molar-refractivity contribution is 5.99. The molecule has 0 saturated carbocycles. The quantitative estimate of drug-likeness (QED) is 0.566. The number of ether oxygens (including phenoxy) is 3. The van der Waals surface area contributed by atoms with Crippen LogP contribution >= 0.6 is 0 Å². The van der Waals surface area contributed by atoms with Gasteiger partial charge in [0.15, 0.2) is 23.9 Å². The Morgan fingerprint density at radius 3 is 2.28 bits per heavy atom. The smallest absolute Gasteiger partial charge is 0.338 e. The zero-order valence-corrected chi connectivity index (χ0v) is 14.9. The van der Waals surface area contributed by atoms with Crippen molar-refractivity contribution in [2.24, 2.45) is 0 Å². The normalized spacial score (nSPS) is 10.2. The van der Waals surface area contributed by atoms with E-state index in [1.165, 1.54) is 7.11 Å². The van der Waals surface area contributed by atoms with Crippen molar-refractivity contribution in [1.29, 1.82) is 0 Å². The van der Waals surface area contributed by atoms with E-state index < -0.39 is 5.97 Å². The van der Waals surface area contributed by atoms with Crippen molar-refractivity contribution in [3.63, 3.8) is 0 Å². The van der Waals surface area contributed by atoms with Crippen LogP contribution < -0.4 is 9.47 Å². The van der Waals surface area contributed by atoms with E-state index >= 15 is 0 Å². The molecule has 0 fully saturated rings. The molecule has 0 aromatic heterocycles. The lowest BCUT2D eigenvalue weighted by atomic mass is 10.0. The highest BCUT2D eigenvalue weighted by Gasteiger charge is 2.15. The lowest BCUT2D eigenvalue weighted by Crippen LogP contribution is -2.14. The van der Waals surface area contributed by atoms with Gasteiger partial charge in [-0.1, -0.05) is 12.1 Å². The van der Waals surface area contributed by atoms with Crippen LogP contribution in [0.3, 0.4) is 0 Å². The second kappa shape index (κ2) is 8.33. The summed E-state index contributed by atoms with van der Waals surface area (Å²) in [6.07, 6.45) is 0. The predicted molar refractivity (Wildman–Crippen MR) is 94.7 cm³/mol. The number of benzene rings is 2. The van der Waals surface area contributed by atoms with Crippen LogP contribution in [0.15, 0.2) is 36.4 Å². The molecule has 0 aliphatic carbocycles. The average molecular weight is 342 g/mol. The van der Waals surface area contributed by atoms with Gasteiger partial charge in [-0.05, 0) is 56.2 Å². The summed E-state index contributed by atoms with van der Waals surface area (Å²) in [5.74, 6) is 0.167. The zero-order chi connectivity index (χ0) is 18.4. The Labute approximate surface area is 147 Å². The second-order valence-corrected chi connectivity index (χ2v) is 5.60. The van der Waals surface area contributed by atoms with Gasteiger partial charge in [0.1, 0.15) is 0 Å². The van der Waals surface area contributed by atoms with Gasteiger partial charge >= 0.3 is 5.97 Å². The molecule has 0 N–H and O–H groups in total. The Kier molecular flexibility index (Phi) is 6.17. The number of rotatable bonds is 7. The maximum atomic E-state index is 12.2. The first-order chi connectivity index (χ1) is 12.0. The Morgan fingerprint density at radius 2 is 1.64 bits per heavy atom. The summed E-state index contributed by atoms with van der Waals surface area (Å²) in [5, 5.41) is 0. The van der Waals surface area contributed by atoms with Crippen molar-refractivity contribution in [2.75, 3.05) is 20.3 Å². The first-order valence-electron chi connectivity index (χ1n) is 8.04. The maximum Gasteiger partial charge on any atom is 0.338 e. The summed E-state index contributed by atoms with van der Waals surface area (Å²) in [6.45, 7) is 5.89. The van der Waals surface area contributed by atoms with E-state index in [4.69, 9.17) is 14.2 Å². The summed E-state index contributed by atoms with van der Waals surface area (Å²) in [7, 11) is 1.53. The van der Waals surface area contributed by atoms with Gasteiger partial charge in [-0.3, -0.25) is 4.79 Å². The van der Waals surface area contributed by atoms with Gasteiger partial charge in [-0.15, -0.1) is 0 Å². The number of hydrogen-bond donors (Lipinski definition) is 0. The number of ketones is 1. The van der Waals surface area contributed by atoms with E-state index in [2.05, 4.69) is 0 Å². The third kappa shape index (κ3) is 4.59. The molecule has 0 radical (unpaired) electrons. The van der Waals surface area contributed by atoms with Crippen LogP contribution in [0.4, 0.5) is 0 Å². The molecule has 132 valence electrons. The van der Waals surface area contributed by atoms with E-state index in [0.29, 0.717) is 29.2 Å². The number of hydrogen-bond acceptors (Lipinski definition) is 5. The van der Waals surface area contributed by atoms with Crippen molar-refractivity contribution >= 4 is 11.8 Å². The average Bonchev–Trinajstić information content (AvgIpc) is 2.61. The summed E-state index contributed by atoms with van der Waals surface area (Å²) >= 11 is 0. The van der Waals surface area contributed by atoms with Crippen molar-refractivity contribution in [1.82, 2.24) is 0 Å². The lowest BCUT2D eigenvalue weighted by Gasteiger charge is -2.11. The minimum atomic E-state index is -0.583. The number of methoxy groups -OCH3 is 1. The summed E-state index contributed by atoms with van der Waals surface area (Å²) in [5.41, 5.74) is 2.96. The fraction of sp³-hybridized carbons (Fsp3) is 0.300. The molecule has 0 aliphatic rings. The highest BCUT2D eigenvalue weighted by atomic mass is 16.5. The number of carbonyl (C=O) groups is 2. The van der Waals surface area contributed by atoms with E-state index in [9.17, 15) is 9.59 Å². The van der Waals surface area contributed by atoms with Gasteiger partial charge in [-0.2, -0.15) is 0 Å². The summed E-state index contributed by atoms with van der Waals surface area (Å²) < 4.78 is 15.8. The molecular formula is C20H22O5. The van der Waals surface area contributed by atoms with Gasteiger partial charge < -0.3 is 14.2 Å². The number of carbonyl (C=O) groups excluding carboxylic acids is 2. The molecule has 0 atom stereocenters.